The Morgan fingerprint density at radius 1 is 1.04 bits per heavy atom. The van der Waals surface area contributed by atoms with E-state index in [1.165, 1.54) is 32.4 Å². The average molecular weight is 343 g/mol. The summed E-state index contributed by atoms with van der Waals surface area (Å²) in [7, 11) is -1.24. The number of nitrogens with one attached hydrogen (secondary N) is 1. The number of sulfonamides is 1. The van der Waals surface area contributed by atoms with Gasteiger partial charge in [-0.15, -0.1) is 0 Å². The van der Waals surface area contributed by atoms with Crippen molar-refractivity contribution in [2.75, 3.05) is 14.2 Å². The lowest BCUT2D eigenvalue weighted by Crippen LogP contribution is -2.24. The molecule has 0 aliphatic heterocycles. The SMILES string of the molecule is COc1ccc(OC)c(S(=O)(=O)NCc2ccc(F)cc2F)c1. The van der Waals surface area contributed by atoms with E-state index >= 15 is 0 Å². The van der Waals surface area contributed by atoms with Crippen LogP contribution in [-0.4, -0.2) is 22.6 Å². The Labute approximate surface area is 132 Å². The number of hydrogen-bond donors (Lipinski definition) is 1. The summed E-state index contributed by atoms with van der Waals surface area (Å²) in [6.45, 7) is -0.325. The van der Waals surface area contributed by atoms with Gasteiger partial charge in [-0.2, -0.15) is 0 Å². The van der Waals surface area contributed by atoms with Crippen molar-refractivity contribution in [2.24, 2.45) is 0 Å². The number of methoxy groups -OCH3 is 2. The van der Waals surface area contributed by atoms with E-state index in [1.807, 2.05) is 0 Å². The number of ether oxygens (including phenoxy) is 2. The summed E-state index contributed by atoms with van der Waals surface area (Å²) in [5.41, 5.74) is 0.0248. The molecule has 0 aliphatic rings. The molecule has 0 atom stereocenters. The number of benzene rings is 2. The first-order valence-corrected chi connectivity index (χ1v) is 8.01. The summed E-state index contributed by atoms with van der Waals surface area (Å²) in [4.78, 5) is -0.137. The third-order valence-electron chi connectivity index (χ3n) is 3.13. The van der Waals surface area contributed by atoms with Gasteiger partial charge >= 0.3 is 0 Å². The third kappa shape index (κ3) is 3.96. The number of rotatable bonds is 6. The predicted octanol–water partition coefficient (Wildman–Crippen LogP) is 2.46. The first-order chi connectivity index (χ1) is 10.9. The number of hydrogen-bond acceptors (Lipinski definition) is 4. The van der Waals surface area contributed by atoms with Gasteiger partial charge in [0, 0.05) is 24.2 Å². The average Bonchev–Trinajstić information content (AvgIpc) is 2.53. The Balaban J connectivity index is 2.28. The van der Waals surface area contributed by atoms with Gasteiger partial charge in [-0.25, -0.2) is 21.9 Å². The lowest BCUT2D eigenvalue weighted by Gasteiger charge is -2.12. The molecule has 0 bridgehead atoms. The van der Waals surface area contributed by atoms with Gasteiger partial charge in [0.05, 0.1) is 14.2 Å². The van der Waals surface area contributed by atoms with Crippen molar-refractivity contribution in [3.63, 3.8) is 0 Å². The van der Waals surface area contributed by atoms with Crippen LogP contribution in [0.25, 0.3) is 0 Å². The summed E-state index contributed by atoms with van der Waals surface area (Å²) >= 11 is 0. The molecule has 0 saturated heterocycles. The van der Waals surface area contributed by atoms with Crippen LogP contribution in [0.15, 0.2) is 41.3 Å². The Kier molecular flexibility index (Phi) is 5.17. The van der Waals surface area contributed by atoms with Crippen LogP contribution in [-0.2, 0) is 16.6 Å². The molecule has 0 aliphatic carbocycles. The highest BCUT2D eigenvalue weighted by atomic mass is 32.2. The summed E-state index contributed by atoms with van der Waals surface area (Å²) < 4.78 is 63.5. The Hall–Kier alpha value is -2.19. The zero-order chi connectivity index (χ0) is 17.0. The van der Waals surface area contributed by atoms with Crippen molar-refractivity contribution in [1.82, 2.24) is 4.72 Å². The van der Waals surface area contributed by atoms with Crippen molar-refractivity contribution >= 4 is 10.0 Å². The second-order valence-electron chi connectivity index (χ2n) is 4.58. The minimum Gasteiger partial charge on any atom is -0.497 e. The quantitative estimate of drug-likeness (QED) is 0.875. The molecule has 0 saturated carbocycles. The summed E-state index contributed by atoms with van der Waals surface area (Å²) in [5.74, 6) is -1.11. The Morgan fingerprint density at radius 2 is 1.78 bits per heavy atom. The van der Waals surface area contributed by atoms with E-state index in [0.717, 1.165) is 6.07 Å². The standard InChI is InChI=1S/C15H15F2NO4S/c1-21-12-5-6-14(22-2)15(8-12)23(19,20)18-9-10-3-4-11(16)7-13(10)17/h3-8,18H,9H2,1-2H3. The van der Waals surface area contributed by atoms with Gasteiger partial charge in [-0.1, -0.05) is 6.07 Å². The lowest BCUT2D eigenvalue weighted by molar-refractivity contribution is 0.392. The van der Waals surface area contributed by atoms with E-state index < -0.39 is 21.7 Å². The van der Waals surface area contributed by atoms with Crippen LogP contribution >= 0.6 is 0 Å². The molecule has 8 heteroatoms. The van der Waals surface area contributed by atoms with Gasteiger partial charge in [-0.3, -0.25) is 0 Å². The molecule has 0 radical (unpaired) electrons. The molecule has 0 fully saturated rings. The maximum atomic E-state index is 13.6. The molecule has 0 heterocycles. The third-order valence-corrected chi connectivity index (χ3v) is 4.55. The molecule has 0 spiro atoms. The molecule has 23 heavy (non-hydrogen) atoms. The molecule has 0 aromatic heterocycles. The molecule has 5 nitrogen and oxygen atoms in total. The van der Waals surface area contributed by atoms with E-state index in [-0.39, 0.29) is 22.8 Å². The smallest absolute Gasteiger partial charge is 0.244 e. The summed E-state index contributed by atoms with van der Waals surface area (Å²) in [5, 5.41) is 0. The highest BCUT2D eigenvalue weighted by Gasteiger charge is 2.21. The van der Waals surface area contributed by atoms with E-state index in [0.29, 0.717) is 11.8 Å². The molecule has 2 aromatic carbocycles. The molecule has 2 rings (SSSR count). The molecule has 0 amide bonds. The lowest BCUT2D eigenvalue weighted by atomic mass is 10.2. The summed E-state index contributed by atoms with van der Waals surface area (Å²) in [6.07, 6.45) is 0. The van der Waals surface area contributed by atoms with E-state index in [4.69, 9.17) is 9.47 Å². The fourth-order valence-corrected chi connectivity index (χ4v) is 3.10. The highest BCUT2D eigenvalue weighted by molar-refractivity contribution is 7.89. The number of halogens is 2. The molecule has 1 N–H and O–H groups in total. The zero-order valence-electron chi connectivity index (χ0n) is 12.5. The fourth-order valence-electron chi connectivity index (χ4n) is 1.91. The maximum Gasteiger partial charge on any atom is 0.244 e. The van der Waals surface area contributed by atoms with Crippen molar-refractivity contribution in [3.05, 3.63) is 53.6 Å². The molecule has 2 aromatic rings. The van der Waals surface area contributed by atoms with Crippen LogP contribution in [0.1, 0.15) is 5.56 Å². The van der Waals surface area contributed by atoms with Crippen LogP contribution in [0.5, 0.6) is 11.5 Å². The second-order valence-corrected chi connectivity index (χ2v) is 6.31. The van der Waals surface area contributed by atoms with E-state index in [9.17, 15) is 17.2 Å². The molecular weight excluding hydrogens is 328 g/mol. The fraction of sp³-hybridized carbons (Fsp3) is 0.200. The second kappa shape index (κ2) is 6.93. The van der Waals surface area contributed by atoms with Crippen molar-refractivity contribution < 1.29 is 26.7 Å². The van der Waals surface area contributed by atoms with Crippen molar-refractivity contribution in [1.29, 1.82) is 0 Å². The monoisotopic (exact) mass is 343 g/mol. The largest absolute Gasteiger partial charge is 0.497 e. The first-order valence-electron chi connectivity index (χ1n) is 6.53. The minimum atomic E-state index is -3.98. The van der Waals surface area contributed by atoms with Gasteiger partial charge < -0.3 is 9.47 Å². The first kappa shape index (κ1) is 17.2. The minimum absolute atomic E-state index is 0.0248. The molecule has 0 unspecified atom stereocenters. The van der Waals surface area contributed by atoms with Crippen molar-refractivity contribution in [2.45, 2.75) is 11.4 Å². The molecule has 124 valence electrons. The predicted molar refractivity (Wildman–Crippen MR) is 79.9 cm³/mol. The maximum absolute atomic E-state index is 13.6. The van der Waals surface area contributed by atoms with Gasteiger partial charge in [0.1, 0.15) is 28.0 Å². The molecular formula is C15H15F2NO4S. The van der Waals surface area contributed by atoms with Crippen LogP contribution in [0.4, 0.5) is 8.78 Å². The van der Waals surface area contributed by atoms with Gasteiger partial charge in [-0.05, 0) is 18.2 Å². The van der Waals surface area contributed by atoms with Crippen molar-refractivity contribution in [3.8, 4) is 11.5 Å². The topological polar surface area (TPSA) is 64.6 Å². The van der Waals surface area contributed by atoms with Crippen LogP contribution in [0.3, 0.4) is 0 Å². The van der Waals surface area contributed by atoms with Crippen LogP contribution in [0.2, 0.25) is 0 Å². The van der Waals surface area contributed by atoms with Gasteiger partial charge in [0.15, 0.2) is 0 Å². The van der Waals surface area contributed by atoms with E-state index in [1.54, 1.807) is 6.07 Å². The Morgan fingerprint density at radius 3 is 2.39 bits per heavy atom. The van der Waals surface area contributed by atoms with E-state index in [2.05, 4.69) is 4.72 Å². The van der Waals surface area contributed by atoms with Gasteiger partial charge in [0.2, 0.25) is 10.0 Å². The van der Waals surface area contributed by atoms with Gasteiger partial charge in [0.25, 0.3) is 0 Å². The highest BCUT2D eigenvalue weighted by Crippen LogP contribution is 2.28. The Bertz CT molecular complexity index is 809. The normalized spacial score (nSPS) is 11.3. The van der Waals surface area contributed by atoms with Crippen LogP contribution in [0, 0.1) is 11.6 Å². The zero-order valence-corrected chi connectivity index (χ0v) is 13.3. The van der Waals surface area contributed by atoms with Crippen LogP contribution < -0.4 is 14.2 Å². The summed E-state index contributed by atoms with van der Waals surface area (Å²) in [6, 6.07) is 7.22.